The number of phenolic OH excluding ortho intramolecular Hbond substituents is 3. The second-order valence-corrected chi connectivity index (χ2v) is 10.2. The summed E-state index contributed by atoms with van der Waals surface area (Å²) in [6, 6.07) is 21.8. The molecule has 208 valence electrons. The van der Waals surface area contributed by atoms with Gasteiger partial charge in [0, 0.05) is 18.4 Å². The monoisotopic (exact) mass is 540 g/mol. The van der Waals surface area contributed by atoms with E-state index in [0.717, 1.165) is 65.1 Å². The Morgan fingerprint density at radius 3 is 2.27 bits per heavy atom. The standard InChI is InChI=1S/C34H36O6/c1-40-33-19-23(12-18-31(33)38)11-16-30(37)22-28(35)9-5-3-2-4-7-24-8-6-10-32(39)34(24)27-14-13-26-21-29(36)17-15-25(26)20-27/h6,8,10,12-15,17-21,36,38-39H,2-5,7,9,11,16,22H2,1H3. The van der Waals surface area contributed by atoms with Crippen molar-refractivity contribution in [2.75, 3.05) is 7.11 Å². The van der Waals surface area contributed by atoms with Crippen molar-refractivity contribution in [3.63, 3.8) is 0 Å². The van der Waals surface area contributed by atoms with E-state index in [1.54, 1.807) is 36.4 Å². The van der Waals surface area contributed by atoms with Crippen LogP contribution in [0.5, 0.6) is 23.0 Å². The Hall–Kier alpha value is -4.32. The lowest BCUT2D eigenvalue weighted by Crippen LogP contribution is -2.08. The summed E-state index contributed by atoms with van der Waals surface area (Å²) >= 11 is 0. The fourth-order valence-electron chi connectivity index (χ4n) is 5.07. The minimum absolute atomic E-state index is 0.0202. The third-order valence-corrected chi connectivity index (χ3v) is 7.22. The summed E-state index contributed by atoms with van der Waals surface area (Å²) in [6.45, 7) is 0. The van der Waals surface area contributed by atoms with Gasteiger partial charge in [0.25, 0.3) is 0 Å². The normalized spacial score (nSPS) is 11.0. The average molecular weight is 541 g/mol. The lowest BCUT2D eigenvalue weighted by Gasteiger charge is -2.13. The number of benzene rings is 4. The Morgan fingerprint density at radius 1 is 0.700 bits per heavy atom. The number of hydrogen-bond acceptors (Lipinski definition) is 6. The van der Waals surface area contributed by atoms with E-state index in [4.69, 9.17) is 4.74 Å². The molecular formula is C34H36O6. The Balaban J connectivity index is 1.20. The van der Waals surface area contributed by atoms with Crippen LogP contribution in [0.25, 0.3) is 21.9 Å². The van der Waals surface area contributed by atoms with E-state index in [-0.39, 0.29) is 41.7 Å². The number of phenols is 3. The van der Waals surface area contributed by atoms with Gasteiger partial charge in [-0.1, -0.05) is 49.2 Å². The summed E-state index contributed by atoms with van der Waals surface area (Å²) in [5, 5.41) is 32.0. The van der Waals surface area contributed by atoms with Gasteiger partial charge in [0.2, 0.25) is 0 Å². The van der Waals surface area contributed by atoms with Crippen LogP contribution >= 0.6 is 0 Å². The highest BCUT2D eigenvalue weighted by Crippen LogP contribution is 2.36. The minimum atomic E-state index is -0.0704. The quantitative estimate of drug-likeness (QED) is 0.115. The SMILES string of the molecule is COc1cc(CCC(=O)CC(=O)CCCCCCc2cccc(O)c2-c2ccc3cc(O)ccc3c2)ccc1O. The van der Waals surface area contributed by atoms with Gasteiger partial charge in [-0.15, -0.1) is 0 Å². The van der Waals surface area contributed by atoms with Crippen LogP contribution in [0, 0.1) is 0 Å². The maximum absolute atomic E-state index is 12.3. The van der Waals surface area contributed by atoms with Crippen LogP contribution in [0.15, 0.2) is 72.8 Å². The van der Waals surface area contributed by atoms with Crippen molar-refractivity contribution < 1.29 is 29.6 Å². The van der Waals surface area contributed by atoms with Crippen LogP contribution in [0.3, 0.4) is 0 Å². The third-order valence-electron chi connectivity index (χ3n) is 7.22. The van der Waals surface area contributed by atoms with Gasteiger partial charge in [0.15, 0.2) is 11.5 Å². The van der Waals surface area contributed by atoms with Crippen molar-refractivity contribution in [2.45, 2.75) is 57.8 Å². The molecule has 0 radical (unpaired) electrons. The van der Waals surface area contributed by atoms with Gasteiger partial charge < -0.3 is 20.1 Å². The highest BCUT2D eigenvalue weighted by Gasteiger charge is 2.13. The van der Waals surface area contributed by atoms with Crippen LogP contribution in [0.4, 0.5) is 0 Å². The van der Waals surface area contributed by atoms with E-state index < -0.39 is 0 Å². The summed E-state index contributed by atoms with van der Waals surface area (Å²) in [5.74, 6) is 0.811. The summed E-state index contributed by atoms with van der Waals surface area (Å²) < 4.78 is 5.10. The molecule has 0 spiro atoms. The number of carbonyl (C=O) groups is 2. The number of fused-ring (bicyclic) bond motifs is 1. The van der Waals surface area contributed by atoms with E-state index in [1.807, 2.05) is 36.4 Å². The largest absolute Gasteiger partial charge is 0.508 e. The van der Waals surface area contributed by atoms with Crippen molar-refractivity contribution in [3.05, 3.63) is 83.9 Å². The molecule has 6 nitrogen and oxygen atoms in total. The summed E-state index contributed by atoms with van der Waals surface area (Å²) in [4.78, 5) is 24.6. The molecule has 4 aromatic rings. The van der Waals surface area contributed by atoms with E-state index >= 15 is 0 Å². The fraction of sp³-hybridized carbons (Fsp3) is 0.294. The number of methoxy groups -OCH3 is 1. The molecule has 0 saturated heterocycles. The Morgan fingerprint density at radius 2 is 1.45 bits per heavy atom. The number of aromatic hydroxyl groups is 3. The molecule has 3 N–H and O–H groups in total. The first-order valence-electron chi connectivity index (χ1n) is 13.8. The van der Waals surface area contributed by atoms with Gasteiger partial charge >= 0.3 is 0 Å². The fourth-order valence-corrected chi connectivity index (χ4v) is 5.07. The Bertz CT molecular complexity index is 1490. The number of unbranched alkanes of at least 4 members (excludes halogenated alkanes) is 3. The number of Topliss-reactive ketones (excluding diaryl/α,β-unsaturated/α-hetero) is 2. The minimum Gasteiger partial charge on any atom is -0.508 e. The summed E-state index contributed by atoms with van der Waals surface area (Å²) in [7, 11) is 1.48. The van der Waals surface area contributed by atoms with E-state index in [9.17, 15) is 24.9 Å². The number of ether oxygens (including phenoxy) is 1. The topological polar surface area (TPSA) is 104 Å². The Labute approximate surface area is 234 Å². The maximum Gasteiger partial charge on any atom is 0.160 e. The highest BCUT2D eigenvalue weighted by molar-refractivity contribution is 5.99. The number of hydrogen-bond donors (Lipinski definition) is 3. The second kappa shape index (κ2) is 13.7. The first-order valence-corrected chi connectivity index (χ1v) is 13.8. The molecule has 0 aliphatic heterocycles. The first-order chi connectivity index (χ1) is 19.3. The Kier molecular flexibility index (Phi) is 9.79. The van der Waals surface area contributed by atoms with Gasteiger partial charge in [-0.25, -0.2) is 0 Å². The zero-order valence-corrected chi connectivity index (χ0v) is 22.9. The van der Waals surface area contributed by atoms with Crippen LogP contribution < -0.4 is 4.74 Å². The molecule has 0 heterocycles. The zero-order chi connectivity index (χ0) is 28.5. The van der Waals surface area contributed by atoms with E-state index in [0.29, 0.717) is 18.6 Å². The smallest absolute Gasteiger partial charge is 0.160 e. The predicted molar refractivity (Wildman–Crippen MR) is 157 cm³/mol. The van der Waals surface area contributed by atoms with Crippen molar-refractivity contribution in [3.8, 4) is 34.1 Å². The molecule has 0 atom stereocenters. The number of rotatable bonds is 14. The highest BCUT2D eigenvalue weighted by atomic mass is 16.5. The van der Waals surface area contributed by atoms with Crippen molar-refractivity contribution in [2.24, 2.45) is 0 Å². The number of ketones is 2. The molecule has 0 aliphatic carbocycles. The molecule has 0 fully saturated rings. The molecular weight excluding hydrogens is 504 g/mol. The second-order valence-electron chi connectivity index (χ2n) is 10.2. The zero-order valence-electron chi connectivity index (χ0n) is 22.9. The van der Waals surface area contributed by atoms with Gasteiger partial charge in [0.05, 0.1) is 13.5 Å². The molecule has 0 saturated carbocycles. The van der Waals surface area contributed by atoms with Crippen LogP contribution in [-0.4, -0.2) is 34.0 Å². The van der Waals surface area contributed by atoms with Crippen molar-refractivity contribution in [1.29, 1.82) is 0 Å². The number of carbonyl (C=O) groups excluding carboxylic acids is 2. The lowest BCUT2D eigenvalue weighted by atomic mass is 9.93. The van der Waals surface area contributed by atoms with Crippen LogP contribution in [-0.2, 0) is 22.4 Å². The van der Waals surface area contributed by atoms with E-state index in [2.05, 4.69) is 0 Å². The molecule has 0 unspecified atom stereocenters. The predicted octanol–water partition coefficient (Wildman–Crippen LogP) is 7.29. The van der Waals surface area contributed by atoms with Crippen molar-refractivity contribution in [1.82, 2.24) is 0 Å². The molecule has 4 aromatic carbocycles. The lowest BCUT2D eigenvalue weighted by molar-refractivity contribution is -0.127. The molecule has 0 aromatic heterocycles. The molecule has 0 bridgehead atoms. The van der Waals surface area contributed by atoms with Gasteiger partial charge in [-0.2, -0.15) is 0 Å². The van der Waals surface area contributed by atoms with E-state index in [1.165, 1.54) is 7.11 Å². The van der Waals surface area contributed by atoms with Crippen LogP contribution in [0.1, 0.15) is 56.1 Å². The molecule has 0 amide bonds. The first kappa shape index (κ1) is 28.7. The summed E-state index contributed by atoms with van der Waals surface area (Å²) in [6.07, 6.45) is 5.51. The van der Waals surface area contributed by atoms with Gasteiger partial charge in [-0.3, -0.25) is 9.59 Å². The average Bonchev–Trinajstić information content (AvgIpc) is 2.94. The molecule has 40 heavy (non-hydrogen) atoms. The molecule has 0 aliphatic rings. The van der Waals surface area contributed by atoms with Crippen molar-refractivity contribution >= 4 is 22.3 Å². The third kappa shape index (κ3) is 7.63. The van der Waals surface area contributed by atoms with Gasteiger partial charge in [-0.05, 0) is 89.5 Å². The van der Waals surface area contributed by atoms with Gasteiger partial charge in [0.1, 0.15) is 23.1 Å². The summed E-state index contributed by atoms with van der Waals surface area (Å²) in [5.41, 5.74) is 3.72. The van der Waals surface area contributed by atoms with Crippen LogP contribution in [0.2, 0.25) is 0 Å². The maximum atomic E-state index is 12.3. The molecule has 6 heteroatoms. The number of aryl methyl sites for hydroxylation is 2. The molecule has 4 rings (SSSR count).